The molecule has 0 aliphatic rings. The van der Waals surface area contributed by atoms with Crippen LogP contribution in [0, 0.1) is 27.7 Å². The number of thiophene rings is 1. The van der Waals surface area contributed by atoms with Gasteiger partial charge in [0.25, 0.3) is 5.91 Å². The molecule has 1 amide bonds. The number of aromatic amines is 1. The number of benzene rings is 1. The second-order valence-electron chi connectivity index (χ2n) is 5.53. The first-order valence-corrected chi connectivity index (χ1v) is 8.23. The number of carbonyl (C=O) groups is 1. The first-order chi connectivity index (χ1) is 10.4. The highest BCUT2D eigenvalue weighted by atomic mass is 35.5. The fourth-order valence-electron chi connectivity index (χ4n) is 2.61. The van der Waals surface area contributed by atoms with Gasteiger partial charge in [0.1, 0.15) is 0 Å². The summed E-state index contributed by atoms with van der Waals surface area (Å²) < 4.78 is 1.16. The third-order valence-electron chi connectivity index (χ3n) is 3.96. The minimum absolute atomic E-state index is 0.0876. The monoisotopic (exact) mass is 332 g/mol. The van der Waals surface area contributed by atoms with E-state index in [0.29, 0.717) is 5.02 Å². The summed E-state index contributed by atoms with van der Waals surface area (Å²) >= 11 is 7.62. The molecule has 2 aromatic heterocycles. The Balaban J connectivity index is 2.02. The maximum absolute atomic E-state index is 12.7. The topological polar surface area (TPSA) is 44.9 Å². The van der Waals surface area contributed by atoms with Gasteiger partial charge in [-0.1, -0.05) is 11.6 Å². The van der Waals surface area contributed by atoms with Crippen molar-refractivity contribution in [3.8, 4) is 0 Å². The van der Waals surface area contributed by atoms with Gasteiger partial charge in [-0.2, -0.15) is 0 Å². The summed E-state index contributed by atoms with van der Waals surface area (Å²) in [4.78, 5) is 17.1. The number of rotatable bonds is 2. The van der Waals surface area contributed by atoms with Gasteiger partial charge < -0.3 is 10.3 Å². The third-order valence-corrected chi connectivity index (χ3v) is 5.42. The summed E-state index contributed by atoms with van der Waals surface area (Å²) in [6.45, 7) is 8.02. The van der Waals surface area contributed by atoms with Gasteiger partial charge in [-0.3, -0.25) is 4.79 Å². The van der Waals surface area contributed by atoms with E-state index in [2.05, 4.69) is 17.2 Å². The van der Waals surface area contributed by atoms with Crippen molar-refractivity contribution in [2.75, 3.05) is 5.32 Å². The molecule has 0 aliphatic carbocycles. The zero-order chi connectivity index (χ0) is 16.0. The van der Waals surface area contributed by atoms with E-state index in [1.165, 1.54) is 5.56 Å². The van der Waals surface area contributed by atoms with Crippen molar-refractivity contribution >= 4 is 44.7 Å². The molecule has 2 N–H and O–H groups in total. The van der Waals surface area contributed by atoms with Gasteiger partial charge >= 0.3 is 0 Å². The number of hydrogen-bond acceptors (Lipinski definition) is 2. The Morgan fingerprint density at radius 2 is 1.95 bits per heavy atom. The minimum Gasteiger partial charge on any atom is -0.357 e. The van der Waals surface area contributed by atoms with Crippen LogP contribution in [-0.4, -0.2) is 10.9 Å². The van der Waals surface area contributed by atoms with Gasteiger partial charge in [-0.05, 0) is 57.0 Å². The molecule has 0 saturated heterocycles. The molecule has 0 unspecified atom stereocenters. The lowest BCUT2D eigenvalue weighted by atomic mass is 10.1. The first-order valence-electron chi connectivity index (χ1n) is 7.04. The number of fused-ring (bicyclic) bond motifs is 1. The van der Waals surface area contributed by atoms with Gasteiger partial charge in [0.2, 0.25) is 0 Å². The number of halogens is 1. The summed E-state index contributed by atoms with van der Waals surface area (Å²) in [7, 11) is 0. The maximum Gasteiger partial charge on any atom is 0.258 e. The fourth-order valence-corrected chi connectivity index (χ4v) is 4.00. The van der Waals surface area contributed by atoms with Gasteiger partial charge in [0, 0.05) is 21.3 Å². The minimum atomic E-state index is -0.0876. The fraction of sp³-hybridized carbons (Fsp3) is 0.235. The summed E-state index contributed by atoms with van der Waals surface area (Å²) in [5, 5.41) is 3.66. The van der Waals surface area contributed by atoms with Crippen LogP contribution in [0.25, 0.3) is 10.2 Å². The Morgan fingerprint density at radius 1 is 1.23 bits per heavy atom. The van der Waals surface area contributed by atoms with Crippen molar-refractivity contribution in [2.45, 2.75) is 27.7 Å². The van der Waals surface area contributed by atoms with Crippen LogP contribution in [0.1, 0.15) is 32.1 Å². The summed E-state index contributed by atoms with van der Waals surface area (Å²) in [6, 6.07) is 5.46. The number of aromatic nitrogens is 1. The number of nitrogens with one attached hydrogen (secondary N) is 2. The van der Waals surface area contributed by atoms with Crippen molar-refractivity contribution in [3.05, 3.63) is 50.5 Å². The van der Waals surface area contributed by atoms with Gasteiger partial charge in [0.05, 0.1) is 15.8 Å². The molecule has 3 aromatic rings. The van der Waals surface area contributed by atoms with Crippen LogP contribution in [0.15, 0.2) is 18.2 Å². The van der Waals surface area contributed by atoms with E-state index in [0.717, 1.165) is 37.6 Å². The zero-order valence-corrected chi connectivity index (χ0v) is 14.5. The lowest BCUT2D eigenvalue weighted by molar-refractivity contribution is 0.102. The molecule has 0 radical (unpaired) electrons. The largest absolute Gasteiger partial charge is 0.357 e. The predicted octanol–water partition coefficient (Wildman–Crippen LogP) is 5.37. The Bertz CT molecular complexity index is 892. The molecule has 0 spiro atoms. The van der Waals surface area contributed by atoms with Crippen LogP contribution < -0.4 is 5.32 Å². The highest BCUT2D eigenvalue weighted by molar-refractivity contribution is 7.19. The van der Waals surface area contributed by atoms with Crippen LogP contribution in [0.5, 0.6) is 0 Å². The van der Waals surface area contributed by atoms with Crippen molar-refractivity contribution in [1.29, 1.82) is 0 Å². The quantitative estimate of drug-likeness (QED) is 0.651. The zero-order valence-electron chi connectivity index (χ0n) is 12.9. The molecule has 0 bridgehead atoms. The van der Waals surface area contributed by atoms with E-state index in [-0.39, 0.29) is 5.91 Å². The normalized spacial score (nSPS) is 11.1. The van der Waals surface area contributed by atoms with Gasteiger partial charge in [-0.15, -0.1) is 11.3 Å². The Labute approximate surface area is 138 Å². The summed E-state index contributed by atoms with van der Waals surface area (Å²) in [6.07, 6.45) is 0. The summed E-state index contributed by atoms with van der Waals surface area (Å²) in [5.74, 6) is -0.0876. The second-order valence-corrected chi connectivity index (χ2v) is 7.19. The molecule has 0 fully saturated rings. The highest BCUT2D eigenvalue weighted by Gasteiger charge is 2.20. The number of H-pyrrole nitrogens is 1. The Morgan fingerprint density at radius 3 is 2.64 bits per heavy atom. The van der Waals surface area contributed by atoms with E-state index in [4.69, 9.17) is 11.6 Å². The molecule has 114 valence electrons. The molecule has 3 nitrogen and oxygen atoms in total. The lowest BCUT2D eigenvalue weighted by Crippen LogP contribution is -2.13. The van der Waals surface area contributed by atoms with E-state index in [1.807, 2.05) is 32.9 Å². The molecule has 0 atom stereocenters. The van der Waals surface area contributed by atoms with Crippen LogP contribution >= 0.6 is 22.9 Å². The van der Waals surface area contributed by atoms with Crippen molar-refractivity contribution in [2.24, 2.45) is 0 Å². The molecule has 3 rings (SSSR count). The highest BCUT2D eigenvalue weighted by Crippen LogP contribution is 2.35. The van der Waals surface area contributed by atoms with Crippen LogP contribution in [-0.2, 0) is 0 Å². The van der Waals surface area contributed by atoms with Crippen LogP contribution in [0.4, 0.5) is 5.69 Å². The van der Waals surface area contributed by atoms with Crippen molar-refractivity contribution in [3.63, 3.8) is 0 Å². The summed E-state index contributed by atoms with van der Waals surface area (Å²) in [5.41, 5.74) is 5.71. The van der Waals surface area contributed by atoms with E-state index < -0.39 is 0 Å². The molecule has 2 heterocycles. The molecular formula is C17H17ClN2OS. The molecule has 22 heavy (non-hydrogen) atoms. The average molecular weight is 333 g/mol. The number of anilines is 1. The Hall–Kier alpha value is -1.78. The first kappa shape index (κ1) is 15.1. The predicted molar refractivity (Wildman–Crippen MR) is 94.5 cm³/mol. The van der Waals surface area contributed by atoms with Gasteiger partial charge in [-0.25, -0.2) is 0 Å². The van der Waals surface area contributed by atoms with E-state index >= 15 is 0 Å². The smallest absolute Gasteiger partial charge is 0.258 e. The molecule has 0 saturated carbocycles. The Kier molecular flexibility index (Phi) is 3.75. The van der Waals surface area contributed by atoms with Crippen molar-refractivity contribution in [1.82, 2.24) is 4.98 Å². The molecule has 1 aromatic carbocycles. The maximum atomic E-state index is 12.7. The average Bonchev–Trinajstić information content (AvgIpc) is 2.89. The number of aryl methyl sites for hydroxylation is 4. The van der Waals surface area contributed by atoms with Crippen molar-refractivity contribution < 1.29 is 4.79 Å². The standard InChI is InChI=1S/C17H17ClN2OS/c1-8-7-12(18)5-6-13(8)20-17(21)14-11(4)22-16-9(2)10(3)19-15(14)16/h5-7,19H,1-4H3,(H,20,21). The molecule has 0 aliphatic heterocycles. The van der Waals surface area contributed by atoms with Crippen LogP contribution in [0.2, 0.25) is 5.02 Å². The number of carbonyl (C=O) groups excluding carboxylic acids is 1. The molecule has 5 heteroatoms. The van der Waals surface area contributed by atoms with Gasteiger partial charge in [0.15, 0.2) is 0 Å². The van der Waals surface area contributed by atoms with E-state index in [9.17, 15) is 4.79 Å². The molecular weight excluding hydrogens is 316 g/mol. The third kappa shape index (κ3) is 2.42. The van der Waals surface area contributed by atoms with E-state index in [1.54, 1.807) is 17.4 Å². The van der Waals surface area contributed by atoms with Crippen LogP contribution in [0.3, 0.4) is 0 Å². The second kappa shape index (κ2) is 5.45. The SMILES string of the molecule is Cc1cc(Cl)ccc1NC(=O)c1c(C)sc2c(C)c(C)[nH]c12. The lowest BCUT2D eigenvalue weighted by Gasteiger charge is -2.08. The number of hydrogen-bond donors (Lipinski definition) is 2. The number of amides is 1.